The SMILES string of the molecule is CS(=O)(=O)Oc1ccc(C#N)cc1O. The smallest absolute Gasteiger partial charge is 0.306 e. The normalized spacial score (nSPS) is 10.6. The first-order chi connectivity index (χ1) is 6.42. The van der Waals surface area contributed by atoms with Gasteiger partial charge in [0, 0.05) is 6.07 Å². The molecule has 0 fully saturated rings. The van der Waals surface area contributed by atoms with Crippen molar-refractivity contribution in [3.05, 3.63) is 23.8 Å². The van der Waals surface area contributed by atoms with E-state index < -0.39 is 10.1 Å². The van der Waals surface area contributed by atoms with E-state index in [1.165, 1.54) is 12.1 Å². The molecule has 0 aliphatic rings. The summed E-state index contributed by atoms with van der Waals surface area (Å²) in [5, 5.41) is 17.7. The lowest BCUT2D eigenvalue weighted by Crippen LogP contribution is -2.05. The van der Waals surface area contributed by atoms with Crippen LogP contribution in [0.5, 0.6) is 11.5 Å². The quantitative estimate of drug-likeness (QED) is 0.727. The van der Waals surface area contributed by atoms with Crippen molar-refractivity contribution in [2.45, 2.75) is 0 Å². The van der Waals surface area contributed by atoms with Gasteiger partial charge >= 0.3 is 10.1 Å². The van der Waals surface area contributed by atoms with Crippen molar-refractivity contribution in [2.24, 2.45) is 0 Å². The molecule has 1 aromatic rings. The lowest BCUT2D eigenvalue weighted by atomic mass is 10.2. The third-order valence-electron chi connectivity index (χ3n) is 1.33. The first-order valence-corrected chi connectivity index (χ1v) is 5.36. The van der Waals surface area contributed by atoms with Gasteiger partial charge in [-0.15, -0.1) is 0 Å². The largest absolute Gasteiger partial charge is 0.504 e. The van der Waals surface area contributed by atoms with Crippen LogP contribution in [0.2, 0.25) is 0 Å². The van der Waals surface area contributed by atoms with E-state index in [9.17, 15) is 13.5 Å². The fraction of sp³-hybridized carbons (Fsp3) is 0.125. The average molecular weight is 213 g/mol. The number of nitrogens with zero attached hydrogens (tertiary/aromatic N) is 1. The molecule has 0 heterocycles. The van der Waals surface area contributed by atoms with E-state index >= 15 is 0 Å². The predicted molar refractivity (Wildman–Crippen MR) is 48.3 cm³/mol. The zero-order valence-electron chi connectivity index (χ0n) is 7.26. The molecule has 0 aromatic heterocycles. The van der Waals surface area contributed by atoms with E-state index in [2.05, 4.69) is 4.18 Å². The highest BCUT2D eigenvalue weighted by atomic mass is 32.2. The van der Waals surface area contributed by atoms with Crippen molar-refractivity contribution < 1.29 is 17.7 Å². The standard InChI is InChI=1S/C8H7NO4S/c1-14(11,12)13-8-3-2-6(5-9)4-7(8)10/h2-4,10H,1H3. The molecule has 0 aliphatic carbocycles. The van der Waals surface area contributed by atoms with Crippen molar-refractivity contribution in [1.29, 1.82) is 5.26 Å². The second kappa shape index (κ2) is 3.55. The van der Waals surface area contributed by atoms with Gasteiger partial charge in [0.05, 0.1) is 17.9 Å². The molecule has 0 saturated heterocycles. The maximum atomic E-state index is 10.7. The lowest BCUT2D eigenvalue weighted by Gasteiger charge is -2.04. The Morgan fingerprint density at radius 2 is 2.14 bits per heavy atom. The summed E-state index contributed by atoms with van der Waals surface area (Å²) in [6.07, 6.45) is 0.866. The summed E-state index contributed by atoms with van der Waals surface area (Å²) >= 11 is 0. The predicted octanol–water partition coefficient (Wildman–Crippen LogP) is 0.602. The fourth-order valence-electron chi connectivity index (χ4n) is 0.820. The molecule has 0 bridgehead atoms. The Morgan fingerprint density at radius 1 is 1.50 bits per heavy atom. The summed E-state index contributed by atoms with van der Waals surface area (Å²) in [7, 11) is -3.66. The zero-order valence-corrected chi connectivity index (χ0v) is 8.08. The molecular weight excluding hydrogens is 206 g/mol. The molecule has 1 aromatic carbocycles. The number of phenols is 1. The molecule has 0 saturated carbocycles. The van der Waals surface area contributed by atoms with Crippen LogP contribution in [0.15, 0.2) is 18.2 Å². The summed E-state index contributed by atoms with van der Waals surface area (Å²) in [4.78, 5) is 0. The third-order valence-corrected chi connectivity index (χ3v) is 1.81. The average Bonchev–Trinajstić information content (AvgIpc) is 2.06. The van der Waals surface area contributed by atoms with E-state index in [-0.39, 0.29) is 17.1 Å². The second-order valence-electron chi connectivity index (χ2n) is 2.58. The van der Waals surface area contributed by atoms with Crippen molar-refractivity contribution in [1.82, 2.24) is 0 Å². The minimum absolute atomic E-state index is 0.188. The first kappa shape index (κ1) is 10.3. The number of hydrogen-bond donors (Lipinski definition) is 1. The molecule has 1 N–H and O–H groups in total. The van der Waals surface area contributed by atoms with Crippen molar-refractivity contribution >= 4 is 10.1 Å². The molecule has 1 rings (SSSR count). The van der Waals surface area contributed by atoms with Crippen LogP contribution >= 0.6 is 0 Å². The maximum Gasteiger partial charge on any atom is 0.306 e. The summed E-state index contributed by atoms with van der Waals surface area (Å²) in [6, 6.07) is 5.48. The summed E-state index contributed by atoms with van der Waals surface area (Å²) in [6.45, 7) is 0. The molecule has 74 valence electrons. The molecule has 14 heavy (non-hydrogen) atoms. The summed E-state index contributed by atoms with van der Waals surface area (Å²) in [5.74, 6) is -0.569. The van der Waals surface area contributed by atoms with Crippen LogP contribution in [0.25, 0.3) is 0 Å². The highest BCUT2D eigenvalue weighted by Crippen LogP contribution is 2.27. The minimum Gasteiger partial charge on any atom is -0.504 e. The molecule has 0 unspecified atom stereocenters. The molecular formula is C8H7NO4S. The number of benzene rings is 1. The Hall–Kier alpha value is -1.74. The highest BCUT2D eigenvalue weighted by Gasteiger charge is 2.09. The van der Waals surface area contributed by atoms with Crippen LogP contribution in [-0.2, 0) is 10.1 Å². The third kappa shape index (κ3) is 2.64. The van der Waals surface area contributed by atoms with Gasteiger partial charge in [-0.25, -0.2) is 0 Å². The molecule has 0 atom stereocenters. The Labute approximate surface area is 81.3 Å². The molecule has 5 nitrogen and oxygen atoms in total. The molecule has 0 radical (unpaired) electrons. The van der Waals surface area contributed by atoms with E-state index in [1.54, 1.807) is 6.07 Å². The highest BCUT2D eigenvalue weighted by molar-refractivity contribution is 7.86. The number of rotatable bonds is 2. The lowest BCUT2D eigenvalue weighted by molar-refractivity contribution is 0.430. The zero-order chi connectivity index (χ0) is 10.8. The first-order valence-electron chi connectivity index (χ1n) is 3.55. The molecule has 0 aliphatic heterocycles. The van der Waals surface area contributed by atoms with Gasteiger partial charge in [-0.2, -0.15) is 13.7 Å². The van der Waals surface area contributed by atoms with Gasteiger partial charge in [-0.05, 0) is 12.1 Å². The second-order valence-corrected chi connectivity index (χ2v) is 4.16. The number of nitriles is 1. The Kier molecular flexibility index (Phi) is 2.63. The maximum absolute atomic E-state index is 10.7. The Morgan fingerprint density at radius 3 is 2.57 bits per heavy atom. The number of phenolic OH excluding ortho intramolecular Hbond substituents is 1. The van der Waals surface area contributed by atoms with Crippen LogP contribution in [0, 0.1) is 11.3 Å². The van der Waals surface area contributed by atoms with Crippen LogP contribution < -0.4 is 4.18 Å². The summed E-state index contributed by atoms with van der Waals surface area (Å²) in [5.41, 5.74) is 0.225. The molecule has 6 heteroatoms. The fourth-order valence-corrected chi connectivity index (χ4v) is 1.29. The van der Waals surface area contributed by atoms with Gasteiger partial charge in [-0.3, -0.25) is 0 Å². The van der Waals surface area contributed by atoms with Crippen molar-refractivity contribution in [3.63, 3.8) is 0 Å². The van der Waals surface area contributed by atoms with E-state index in [0.29, 0.717) is 0 Å². The number of aromatic hydroxyl groups is 1. The molecule has 0 spiro atoms. The van der Waals surface area contributed by atoms with Crippen LogP contribution in [0.1, 0.15) is 5.56 Å². The van der Waals surface area contributed by atoms with Crippen LogP contribution in [0.3, 0.4) is 0 Å². The van der Waals surface area contributed by atoms with Crippen LogP contribution in [0.4, 0.5) is 0 Å². The monoisotopic (exact) mass is 213 g/mol. The van der Waals surface area contributed by atoms with Crippen molar-refractivity contribution in [2.75, 3.05) is 6.26 Å². The van der Waals surface area contributed by atoms with Gasteiger partial charge in [-0.1, -0.05) is 0 Å². The summed E-state index contributed by atoms with van der Waals surface area (Å²) < 4.78 is 25.9. The van der Waals surface area contributed by atoms with Gasteiger partial charge in [0.2, 0.25) is 0 Å². The topological polar surface area (TPSA) is 87.4 Å². The molecule has 0 amide bonds. The van der Waals surface area contributed by atoms with Crippen molar-refractivity contribution in [3.8, 4) is 17.6 Å². The van der Waals surface area contributed by atoms with Gasteiger partial charge in [0.15, 0.2) is 11.5 Å². The Balaban J connectivity index is 3.09. The minimum atomic E-state index is -3.66. The van der Waals surface area contributed by atoms with Gasteiger partial charge in [0.1, 0.15) is 0 Å². The van der Waals surface area contributed by atoms with E-state index in [0.717, 1.165) is 12.3 Å². The van der Waals surface area contributed by atoms with Gasteiger partial charge < -0.3 is 9.29 Å². The Bertz CT molecular complexity index is 487. The van der Waals surface area contributed by atoms with E-state index in [1.807, 2.05) is 0 Å². The van der Waals surface area contributed by atoms with Crippen LogP contribution in [-0.4, -0.2) is 19.8 Å². The number of hydrogen-bond acceptors (Lipinski definition) is 5. The van der Waals surface area contributed by atoms with Gasteiger partial charge in [0.25, 0.3) is 0 Å². The van der Waals surface area contributed by atoms with E-state index in [4.69, 9.17) is 5.26 Å².